The van der Waals surface area contributed by atoms with E-state index >= 15 is 4.39 Å². The number of ether oxygens (including phenoxy) is 2. The Bertz CT molecular complexity index is 831. The van der Waals surface area contributed by atoms with Gasteiger partial charge in [-0.1, -0.05) is 39.3 Å². The summed E-state index contributed by atoms with van der Waals surface area (Å²) in [4.78, 5) is 27.8. The Morgan fingerprint density at radius 3 is 2.64 bits per heavy atom. The van der Waals surface area contributed by atoms with E-state index in [4.69, 9.17) is 21.1 Å². The number of aliphatic hydroxyl groups excluding tert-OH is 2. The van der Waals surface area contributed by atoms with Gasteiger partial charge in [-0.25, -0.2) is 9.18 Å². The Balaban J connectivity index is 1.86. The minimum Gasteiger partial charge on any atom is -0.387 e. The largest absolute Gasteiger partial charge is 0.387 e. The summed E-state index contributed by atoms with van der Waals surface area (Å²) in [5.74, 6) is -1.04. The number of nitrogens with zero attached hydrogens (tertiary/aromatic N) is 2. The second-order valence-corrected chi connectivity index (χ2v) is 8.22. The Hall–Kier alpha value is -1.59. The maximum atomic E-state index is 15.5. The summed E-state index contributed by atoms with van der Waals surface area (Å²) >= 11 is 6.05. The minimum atomic E-state index is -2.85. The summed E-state index contributed by atoms with van der Waals surface area (Å²) < 4.78 is 27.1. The number of hydrogen-bond donors (Lipinski definition) is 3. The van der Waals surface area contributed by atoms with Crippen LogP contribution in [-0.2, 0) is 14.3 Å². The van der Waals surface area contributed by atoms with E-state index in [0.29, 0.717) is 0 Å². The van der Waals surface area contributed by atoms with Crippen LogP contribution in [0, 0.1) is 11.8 Å². The Morgan fingerprint density at radius 1 is 1.46 bits per heavy atom. The van der Waals surface area contributed by atoms with Crippen LogP contribution in [0.4, 0.5) is 10.2 Å². The summed E-state index contributed by atoms with van der Waals surface area (Å²) in [6, 6.07) is 1.30. The Labute approximate surface area is 165 Å². The number of fused-ring (bicyclic) bond motifs is 1. The fourth-order valence-electron chi connectivity index (χ4n) is 3.02. The van der Waals surface area contributed by atoms with Crippen molar-refractivity contribution in [3.05, 3.63) is 22.7 Å². The first kappa shape index (κ1) is 21.1. The topological polar surface area (TPSA) is 123 Å². The van der Waals surface area contributed by atoms with Crippen molar-refractivity contribution in [2.45, 2.75) is 63.1 Å². The molecule has 3 rings (SSSR count). The van der Waals surface area contributed by atoms with Crippen LogP contribution in [0.2, 0.25) is 0 Å². The van der Waals surface area contributed by atoms with E-state index in [-0.39, 0.29) is 23.6 Å². The van der Waals surface area contributed by atoms with Crippen molar-refractivity contribution in [3.63, 3.8) is 0 Å². The number of anilines is 1. The fourth-order valence-corrected chi connectivity index (χ4v) is 3.44. The molecular formula is C17H23ClFN3O6. The van der Waals surface area contributed by atoms with Crippen LogP contribution >= 0.6 is 11.6 Å². The number of alkyl halides is 2. The quantitative estimate of drug-likeness (QED) is 0.459. The number of carbonyl (C=O) groups is 1. The number of aliphatic hydroxyl groups is 2. The zero-order valence-corrected chi connectivity index (χ0v) is 16.6. The smallest absolute Gasteiger partial charge is 0.351 e. The lowest BCUT2D eigenvalue weighted by Gasteiger charge is -2.32. The van der Waals surface area contributed by atoms with E-state index in [1.165, 1.54) is 12.3 Å². The molecule has 9 nitrogen and oxygen atoms in total. The Kier molecular flexibility index (Phi) is 5.30. The van der Waals surface area contributed by atoms with Crippen LogP contribution in [-0.4, -0.2) is 54.9 Å². The third-order valence-electron chi connectivity index (χ3n) is 4.89. The first-order valence-corrected chi connectivity index (χ1v) is 9.28. The Morgan fingerprint density at radius 2 is 2.11 bits per heavy atom. The molecule has 2 aliphatic rings. The molecule has 1 aromatic heterocycles. The van der Waals surface area contributed by atoms with E-state index in [0.717, 1.165) is 4.57 Å². The molecule has 0 radical (unpaired) electrons. The number of amides is 1. The summed E-state index contributed by atoms with van der Waals surface area (Å²) in [7, 11) is 0. The number of rotatable bonds is 6. The van der Waals surface area contributed by atoms with Crippen molar-refractivity contribution in [2.24, 2.45) is 11.8 Å². The van der Waals surface area contributed by atoms with Gasteiger partial charge in [0.15, 0.2) is 18.1 Å². The standard InChI is InChI=1S/C17H23ClFN3O6/c1-7(2)12(24)20-9-5-6-22(15(26)21-9)14-17(18,19)16(10(23)11(16)27-14)28-13(25)8(3)4/h5-8,10-11,13-14,23,25H,1-4H3,(H,20,21,24,26)/t10?,11-,13?,14+,16-,17+/m1/s1. The summed E-state index contributed by atoms with van der Waals surface area (Å²) in [5.41, 5.74) is -2.92. The van der Waals surface area contributed by atoms with Crippen LogP contribution < -0.4 is 11.0 Å². The van der Waals surface area contributed by atoms with Gasteiger partial charge < -0.3 is 25.0 Å². The summed E-state index contributed by atoms with van der Waals surface area (Å²) in [5, 5.41) is 19.6. The zero-order chi connectivity index (χ0) is 21.0. The van der Waals surface area contributed by atoms with Gasteiger partial charge in [-0.05, 0) is 6.07 Å². The van der Waals surface area contributed by atoms with Crippen LogP contribution in [0.1, 0.15) is 33.9 Å². The highest BCUT2D eigenvalue weighted by Crippen LogP contribution is 2.65. The molecular weight excluding hydrogens is 397 g/mol. The highest BCUT2D eigenvalue weighted by molar-refractivity contribution is 6.24. The van der Waals surface area contributed by atoms with Gasteiger partial charge in [0.05, 0.1) is 0 Å². The van der Waals surface area contributed by atoms with Crippen molar-refractivity contribution < 1.29 is 28.9 Å². The van der Waals surface area contributed by atoms with Crippen molar-refractivity contribution in [1.29, 1.82) is 0 Å². The van der Waals surface area contributed by atoms with E-state index < -0.39 is 41.1 Å². The lowest BCUT2D eigenvalue weighted by atomic mass is 10.1. The second-order valence-electron chi connectivity index (χ2n) is 7.67. The van der Waals surface area contributed by atoms with Gasteiger partial charge in [0.25, 0.3) is 5.13 Å². The predicted molar refractivity (Wildman–Crippen MR) is 96.2 cm³/mol. The molecule has 11 heteroatoms. The molecule has 0 bridgehead atoms. The van der Waals surface area contributed by atoms with Crippen LogP contribution in [0.25, 0.3) is 0 Å². The highest BCUT2D eigenvalue weighted by Gasteiger charge is 2.87. The molecule has 0 spiro atoms. The molecule has 0 aromatic carbocycles. The molecule has 28 heavy (non-hydrogen) atoms. The number of aromatic nitrogens is 2. The van der Waals surface area contributed by atoms with Gasteiger partial charge >= 0.3 is 5.69 Å². The van der Waals surface area contributed by atoms with Crippen LogP contribution in [0.3, 0.4) is 0 Å². The number of nitrogens with one attached hydrogen (secondary N) is 1. The molecule has 1 saturated carbocycles. The molecule has 1 aliphatic carbocycles. The van der Waals surface area contributed by atoms with E-state index in [1.54, 1.807) is 27.7 Å². The first-order valence-electron chi connectivity index (χ1n) is 8.90. The van der Waals surface area contributed by atoms with Crippen LogP contribution in [0.5, 0.6) is 0 Å². The molecule has 2 unspecified atom stereocenters. The average Bonchev–Trinajstić information content (AvgIpc) is 3.07. The number of carbonyl (C=O) groups excluding carboxylic acids is 1. The van der Waals surface area contributed by atoms with Crippen molar-refractivity contribution in [3.8, 4) is 0 Å². The lowest BCUT2D eigenvalue weighted by Crippen LogP contribution is -2.49. The van der Waals surface area contributed by atoms with Crippen molar-refractivity contribution in [1.82, 2.24) is 9.55 Å². The van der Waals surface area contributed by atoms with Crippen molar-refractivity contribution in [2.75, 3.05) is 5.32 Å². The molecule has 3 N–H and O–H groups in total. The van der Waals surface area contributed by atoms with Gasteiger partial charge in [-0.2, -0.15) is 4.98 Å². The molecule has 1 amide bonds. The lowest BCUT2D eigenvalue weighted by molar-refractivity contribution is -0.205. The maximum absolute atomic E-state index is 15.5. The molecule has 6 atom stereocenters. The third kappa shape index (κ3) is 3.13. The van der Waals surface area contributed by atoms with E-state index in [2.05, 4.69) is 10.3 Å². The second kappa shape index (κ2) is 7.03. The van der Waals surface area contributed by atoms with Gasteiger partial charge in [-0.15, -0.1) is 0 Å². The summed E-state index contributed by atoms with van der Waals surface area (Å²) in [6.45, 7) is 6.64. The molecule has 1 aromatic rings. The first-order chi connectivity index (χ1) is 12.9. The van der Waals surface area contributed by atoms with Gasteiger partial charge in [-0.3, -0.25) is 9.36 Å². The zero-order valence-electron chi connectivity index (χ0n) is 15.8. The fraction of sp³-hybridized carbons (Fsp3) is 0.706. The van der Waals surface area contributed by atoms with Gasteiger partial charge in [0, 0.05) is 18.0 Å². The van der Waals surface area contributed by atoms with Crippen molar-refractivity contribution >= 4 is 23.3 Å². The molecule has 1 aliphatic heterocycles. The van der Waals surface area contributed by atoms with E-state index in [9.17, 15) is 19.8 Å². The number of hydrogen-bond acceptors (Lipinski definition) is 7. The predicted octanol–water partition coefficient (Wildman–Crippen LogP) is 0.744. The van der Waals surface area contributed by atoms with E-state index in [1.807, 2.05) is 0 Å². The summed E-state index contributed by atoms with van der Waals surface area (Å²) in [6.07, 6.45) is -4.40. The molecule has 2 heterocycles. The van der Waals surface area contributed by atoms with Crippen LogP contribution in [0.15, 0.2) is 17.1 Å². The molecule has 156 valence electrons. The number of halogens is 2. The van der Waals surface area contributed by atoms with Gasteiger partial charge in [0.2, 0.25) is 5.91 Å². The highest BCUT2D eigenvalue weighted by atomic mass is 35.5. The normalized spacial score (nSPS) is 35.1. The maximum Gasteiger partial charge on any atom is 0.351 e. The SMILES string of the molecule is CC(C)C(=O)Nc1ccn([C@H]2O[C@@H]3C(O)[C@]3(OC(O)C(C)C)[C@]2(F)Cl)c(=O)n1. The molecule has 2 fully saturated rings. The monoisotopic (exact) mass is 419 g/mol. The molecule has 1 saturated heterocycles. The minimum absolute atomic E-state index is 0.00312. The third-order valence-corrected chi connectivity index (χ3v) is 5.37. The average molecular weight is 420 g/mol. The van der Waals surface area contributed by atoms with Gasteiger partial charge in [0.1, 0.15) is 18.0 Å².